The van der Waals surface area contributed by atoms with Crippen molar-refractivity contribution in [1.29, 1.82) is 5.26 Å². The molecular weight excluding hydrogens is 493 g/mol. The summed E-state index contributed by atoms with van der Waals surface area (Å²) >= 11 is 3.18. The summed E-state index contributed by atoms with van der Waals surface area (Å²) in [5, 5.41) is 18.4. The molecule has 0 spiro atoms. The van der Waals surface area contributed by atoms with E-state index < -0.39 is 29.7 Å². The highest BCUT2D eigenvalue weighted by atomic mass is 79.9. The number of nitriles is 1. The number of H-pyrrole nitrogens is 1. The van der Waals surface area contributed by atoms with E-state index in [2.05, 4.69) is 42.9 Å². The van der Waals surface area contributed by atoms with E-state index in [9.17, 15) is 24.0 Å². The highest BCUT2D eigenvalue weighted by Gasteiger charge is 2.33. The highest BCUT2D eigenvalue weighted by molar-refractivity contribution is 9.10. The molecule has 3 amide bonds. The molecule has 1 aromatic heterocycles. The molecule has 1 aliphatic heterocycles. The van der Waals surface area contributed by atoms with E-state index >= 15 is 0 Å². The third-order valence-corrected chi connectivity index (χ3v) is 6.99. The Bertz CT molecular complexity index is 1120. The van der Waals surface area contributed by atoms with Crippen molar-refractivity contribution in [1.82, 2.24) is 20.9 Å². The highest BCUT2D eigenvalue weighted by Crippen LogP contribution is 2.34. The zero-order chi connectivity index (χ0) is 23.5. The second-order valence-electron chi connectivity index (χ2n) is 8.77. The number of aromatic amines is 1. The lowest BCUT2D eigenvalue weighted by molar-refractivity contribution is -0.128. The fraction of sp³-hybridized carbons (Fsp3) is 0.478. The number of benzene rings is 1. The molecule has 4 rings (SSSR count). The lowest BCUT2D eigenvalue weighted by Crippen LogP contribution is -2.50. The Hall–Kier alpha value is -2.93. The quantitative estimate of drug-likeness (QED) is 0.429. The van der Waals surface area contributed by atoms with Gasteiger partial charge in [-0.1, -0.05) is 12.8 Å². The molecular formula is C23H25BrFN5O3. The van der Waals surface area contributed by atoms with Gasteiger partial charge in [0.2, 0.25) is 11.8 Å². The predicted octanol–water partition coefficient (Wildman–Crippen LogP) is 2.89. The van der Waals surface area contributed by atoms with E-state index in [1.54, 1.807) is 12.1 Å². The first-order valence-corrected chi connectivity index (χ1v) is 11.9. The molecule has 1 aromatic carbocycles. The van der Waals surface area contributed by atoms with Gasteiger partial charge in [0.05, 0.1) is 16.1 Å². The number of fused-ring (bicyclic) bond motifs is 1. The fourth-order valence-electron chi connectivity index (χ4n) is 4.18. The number of nitrogens with zero attached hydrogens (tertiary/aromatic N) is 1. The number of piperidine rings is 1. The van der Waals surface area contributed by atoms with Crippen molar-refractivity contribution in [2.75, 3.05) is 6.54 Å². The van der Waals surface area contributed by atoms with E-state index in [1.165, 1.54) is 6.07 Å². The van der Waals surface area contributed by atoms with Crippen LogP contribution in [-0.4, -0.2) is 41.3 Å². The summed E-state index contributed by atoms with van der Waals surface area (Å²) < 4.78 is 14.0. The molecule has 0 radical (unpaired) electrons. The minimum atomic E-state index is -0.822. The van der Waals surface area contributed by atoms with Gasteiger partial charge in [0, 0.05) is 17.8 Å². The SMILES string of the molecule is N#CC(CC1CCCNC1=O)NC(=O)C(CC1CC1)NC(=O)c1cc2ccc(F)c(Br)c2[nH]1. The van der Waals surface area contributed by atoms with Gasteiger partial charge in [0.25, 0.3) is 5.91 Å². The molecule has 2 heterocycles. The average molecular weight is 518 g/mol. The van der Waals surface area contributed by atoms with Gasteiger partial charge in [-0.2, -0.15) is 5.26 Å². The van der Waals surface area contributed by atoms with Crippen molar-refractivity contribution < 1.29 is 18.8 Å². The molecule has 10 heteroatoms. The van der Waals surface area contributed by atoms with Crippen molar-refractivity contribution >= 4 is 44.6 Å². The topological polar surface area (TPSA) is 127 Å². The second-order valence-corrected chi connectivity index (χ2v) is 9.56. The number of amides is 3. The Kier molecular flexibility index (Phi) is 6.98. The largest absolute Gasteiger partial charge is 0.356 e. The smallest absolute Gasteiger partial charge is 0.268 e. The number of carbonyl (C=O) groups excluding carboxylic acids is 3. The van der Waals surface area contributed by atoms with Gasteiger partial charge in [-0.15, -0.1) is 0 Å². The van der Waals surface area contributed by atoms with Crippen LogP contribution in [0.1, 0.15) is 49.0 Å². The molecule has 3 atom stereocenters. The minimum absolute atomic E-state index is 0.0972. The lowest BCUT2D eigenvalue weighted by Gasteiger charge is -2.25. The van der Waals surface area contributed by atoms with Crippen molar-refractivity contribution in [2.45, 2.75) is 50.6 Å². The van der Waals surface area contributed by atoms with Crippen LogP contribution in [-0.2, 0) is 9.59 Å². The van der Waals surface area contributed by atoms with Gasteiger partial charge in [-0.3, -0.25) is 14.4 Å². The zero-order valence-corrected chi connectivity index (χ0v) is 19.5. The number of hydrogen-bond acceptors (Lipinski definition) is 4. The van der Waals surface area contributed by atoms with Crippen molar-refractivity contribution in [2.24, 2.45) is 11.8 Å². The van der Waals surface area contributed by atoms with Crippen molar-refractivity contribution in [3.05, 3.63) is 34.2 Å². The monoisotopic (exact) mass is 517 g/mol. The molecule has 1 saturated carbocycles. The summed E-state index contributed by atoms with van der Waals surface area (Å²) in [6.45, 7) is 0.630. The third kappa shape index (κ3) is 5.53. The lowest BCUT2D eigenvalue weighted by atomic mass is 9.92. The van der Waals surface area contributed by atoms with Gasteiger partial charge in [0.1, 0.15) is 23.6 Å². The molecule has 0 bridgehead atoms. The molecule has 1 saturated heterocycles. The van der Waals surface area contributed by atoms with Crippen LogP contribution in [0.25, 0.3) is 10.9 Å². The first kappa shape index (κ1) is 23.2. The van der Waals surface area contributed by atoms with Crippen LogP contribution >= 0.6 is 15.9 Å². The van der Waals surface area contributed by atoms with E-state index in [0.29, 0.717) is 36.2 Å². The van der Waals surface area contributed by atoms with Crippen molar-refractivity contribution in [3.63, 3.8) is 0 Å². The molecule has 2 aliphatic rings. The maximum absolute atomic E-state index is 13.8. The third-order valence-electron chi connectivity index (χ3n) is 6.21. The molecule has 33 heavy (non-hydrogen) atoms. The maximum atomic E-state index is 13.8. The van der Waals surface area contributed by atoms with E-state index in [4.69, 9.17) is 0 Å². The summed E-state index contributed by atoms with van der Waals surface area (Å²) in [5.74, 6) is -1.45. The van der Waals surface area contributed by atoms with Gasteiger partial charge in [0.15, 0.2) is 0 Å². The summed E-state index contributed by atoms with van der Waals surface area (Å²) in [6, 6.07) is 4.90. The van der Waals surface area contributed by atoms with Crippen molar-refractivity contribution in [3.8, 4) is 6.07 Å². The number of nitrogens with one attached hydrogen (secondary N) is 4. The molecule has 174 valence electrons. The van der Waals surface area contributed by atoms with Crippen LogP contribution in [0.2, 0.25) is 0 Å². The summed E-state index contributed by atoms with van der Waals surface area (Å²) in [4.78, 5) is 40.8. The Morgan fingerprint density at radius 3 is 2.73 bits per heavy atom. The summed E-state index contributed by atoms with van der Waals surface area (Å²) in [7, 11) is 0. The number of carbonyl (C=O) groups is 3. The van der Waals surface area contributed by atoms with Gasteiger partial charge in [-0.05, 0) is 65.7 Å². The maximum Gasteiger partial charge on any atom is 0.268 e. The molecule has 8 nitrogen and oxygen atoms in total. The first-order valence-electron chi connectivity index (χ1n) is 11.1. The van der Waals surface area contributed by atoms with Crippen LogP contribution in [0.15, 0.2) is 22.7 Å². The zero-order valence-electron chi connectivity index (χ0n) is 17.9. The Morgan fingerprint density at radius 2 is 2.03 bits per heavy atom. The fourth-order valence-corrected chi connectivity index (χ4v) is 4.64. The second kappa shape index (κ2) is 9.91. The van der Waals surface area contributed by atoms with Crippen LogP contribution in [0.5, 0.6) is 0 Å². The Balaban J connectivity index is 1.44. The minimum Gasteiger partial charge on any atom is -0.356 e. The van der Waals surface area contributed by atoms with Crippen LogP contribution in [0.3, 0.4) is 0 Å². The number of rotatable bonds is 8. The first-order chi connectivity index (χ1) is 15.9. The Morgan fingerprint density at radius 1 is 1.24 bits per heavy atom. The molecule has 4 N–H and O–H groups in total. The van der Waals surface area contributed by atoms with Crippen LogP contribution in [0.4, 0.5) is 4.39 Å². The number of aromatic nitrogens is 1. The van der Waals surface area contributed by atoms with E-state index in [-0.39, 0.29) is 28.4 Å². The number of halogens is 2. The molecule has 1 aliphatic carbocycles. The summed E-state index contributed by atoms with van der Waals surface area (Å²) in [5.41, 5.74) is 0.666. The molecule has 3 unspecified atom stereocenters. The standard InChI is InChI=1S/C23H25BrFN5O3/c24-19-16(25)6-5-13-10-18(29-20(13)19)23(33)30-17(8-12-3-4-12)22(32)28-15(11-26)9-14-2-1-7-27-21(14)31/h5-6,10,12,14-15,17,29H,1-4,7-9H2,(H,27,31)(H,28,32)(H,30,33). The van der Waals surface area contributed by atoms with Crippen LogP contribution in [0, 0.1) is 29.0 Å². The van der Waals surface area contributed by atoms with E-state index in [1.807, 2.05) is 0 Å². The predicted molar refractivity (Wildman–Crippen MR) is 122 cm³/mol. The Labute approximate surface area is 198 Å². The van der Waals surface area contributed by atoms with Gasteiger partial charge in [-0.25, -0.2) is 4.39 Å². The summed E-state index contributed by atoms with van der Waals surface area (Å²) in [6.07, 6.45) is 4.20. The number of hydrogen-bond donors (Lipinski definition) is 4. The van der Waals surface area contributed by atoms with Gasteiger partial charge >= 0.3 is 0 Å². The van der Waals surface area contributed by atoms with E-state index in [0.717, 1.165) is 19.3 Å². The molecule has 2 fully saturated rings. The molecule has 2 aromatic rings. The van der Waals surface area contributed by atoms with Crippen LogP contribution < -0.4 is 16.0 Å². The average Bonchev–Trinajstić information content (AvgIpc) is 3.51. The van der Waals surface area contributed by atoms with Gasteiger partial charge < -0.3 is 20.9 Å². The normalized spacial score (nSPS) is 19.9.